The first-order chi connectivity index (χ1) is 30.5. The van der Waals surface area contributed by atoms with Crippen molar-refractivity contribution >= 4 is 27.8 Å². The zero-order valence-electron chi connectivity index (χ0n) is 35.0. The molecule has 0 aliphatic heterocycles. The van der Waals surface area contributed by atoms with Crippen molar-refractivity contribution in [3.8, 4) is 66.8 Å². The van der Waals surface area contributed by atoms with Crippen LogP contribution in [-0.2, 0) is 5.41 Å². The van der Waals surface area contributed by atoms with Gasteiger partial charge in [-0.05, 0) is 113 Å². The largest absolute Gasteiger partial charge is 0.310 e. The average Bonchev–Trinajstić information content (AvgIpc) is 3.58. The topological polar surface area (TPSA) is 3.24 Å². The van der Waals surface area contributed by atoms with E-state index in [4.69, 9.17) is 0 Å². The van der Waals surface area contributed by atoms with Gasteiger partial charge in [0, 0.05) is 22.4 Å². The van der Waals surface area contributed by atoms with Crippen molar-refractivity contribution in [3.63, 3.8) is 0 Å². The van der Waals surface area contributed by atoms with Gasteiger partial charge in [0.2, 0.25) is 0 Å². The van der Waals surface area contributed by atoms with Crippen molar-refractivity contribution in [3.05, 3.63) is 248 Å². The highest BCUT2D eigenvalue weighted by Crippen LogP contribution is 2.53. The maximum Gasteiger partial charge on any atom is 0.0546 e. The standard InChI is InChI=1S/C61H45N/c1-61(2)57-32-14-13-26-54(57)56-31-16-30-53(60(56)61)46-36-40-48(41-37-46)62(47-38-34-45(35-39-47)50-28-15-23-43-22-9-10-24-49(43)50)58-33-17-29-52(44-20-7-4-8-21-44)59(58)55-27-12-11-25-51(55)42-18-5-3-6-19-42/h3-41H,1-2H3. The normalized spacial score (nSPS) is 12.5. The summed E-state index contributed by atoms with van der Waals surface area (Å²) in [5, 5.41) is 2.50. The fourth-order valence-electron chi connectivity index (χ4n) is 10.0. The average molecular weight is 792 g/mol. The Morgan fingerprint density at radius 3 is 1.47 bits per heavy atom. The molecule has 10 aromatic rings. The quantitative estimate of drug-likeness (QED) is 0.148. The number of hydrogen-bond donors (Lipinski definition) is 0. The molecule has 1 heteroatoms. The number of fused-ring (bicyclic) bond motifs is 4. The summed E-state index contributed by atoms with van der Waals surface area (Å²) < 4.78 is 0. The molecule has 62 heavy (non-hydrogen) atoms. The van der Waals surface area contributed by atoms with Crippen LogP contribution in [0.5, 0.6) is 0 Å². The minimum atomic E-state index is -0.113. The number of anilines is 3. The molecule has 0 saturated heterocycles. The SMILES string of the molecule is CC1(C)c2ccccc2-c2cccc(-c3ccc(N(c4ccc(-c5cccc6ccccc56)cc4)c4cccc(-c5ccccc5)c4-c4ccccc4-c4ccccc4)cc3)c21. The fraction of sp³-hybridized carbons (Fsp3) is 0.0492. The second kappa shape index (κ2) is 15.4. The van der Waals surface area contributed by atoms with Crippen LogP contribution in [0, 0.1) is 0 Å². The van der Waals surface area contributed by atoms with Crippen molar-refractivity contribution in [2.45, 2.75) is 19.3 Å². The van der Waals surface area contributed by atoms with E-state index in [2.05, 4.69) is 255 Å². The summed E-state index contributed by atoms with van der Waals surface area (Å²) >= 11 is 0. The first-order valence-corrected chi connectivity index (χ1v) is 21.6. The molecule has 0 aromatic heterocycles. The molecular formula is C61H45N. The lowest BCUT2D eigenvalue weighted by atomic mass is 9.79. The monoisotopic (exact) mass is 791 g/mol. The zero-order valence-corrected chi connectivity index (χ0v) is 35.0. The van der Waals surface area contributed by atoms with E-state index < -0.39 is 0 Å². The van der Waals surface area contributed by atoms with Crippen LogP contribution >= 0.6 is 0 Å². The van der Waals surface area contributed by atoms with Crippen LogP contribution in [-0.4, -0.2) is 0 Å². The molecule has 1 aliphatic rings. The highest BCUT2D eigenvalue weighted by atomic mass is 15.1. The van der Waals surface area contributed by atoms with Gasteiger partial charge in [-0.2, -0.15) is 0 Å². The van der Waals surface area contributed by atoms with E-state index >= 15 is 0 Å². The molecule has 0 bridgehead atoms. The Bertz CT molecular complexity index is 3230. The predicted molar refractivity (Wildman–Crippen MR) is 263 cm³/mol. The first kappa shape index (κ1) is 37.3. The first-order valence-electron chi connectivity index (χ1n) is 21.6. The summed E-state index contributed by atoms with van der Waals surface area (Å²) in [5.74, 6) is 0. The Balaban J connectivity index is 1.12. The lowest BCUT2D eigenvalue weighted by Crippen LogP contribution is -2.16. The van der Waals surface area contributed by atoms with Gasteiger partial charge in [0.15, 0.2) is 0 Å². The molecule has 0 amide bonds. The Labute approximate surface area is 364 Å². The molecule has 11 rings (SSSR count). The molecule has 10 aromatic carbocycles. The molecule has 0 N–H and O–H groups in total. The summed E-state index contributed by atoms with van der Waals surface area (Å²) in [5.41, 5.74) is 20.6. The maximum absolute atomic E-state index is 2.45. The smallest absolute Gasteiger partial charge is 0.0546 e. The van der Waals surface area contributed by atoms with E-state index in [1.54, 1.807) is 0 Å². The van der Waals surface area contributed by atoms with Gasteiger partial charge in [0.05, 0.1) is 5.69 Å². The molecule has 0 unspecified atom stereocenters. The maximum atomic E-state index is 2.45. The Hall–Kier alpha value is -7.74. The lowest BCUT2D eigenvalue weighted by Gasteiger charge is -2.30. The van der Waals surface area contributed by atoms with Gasteiger partial charge < -0.3 is 4.90 Å². The summed E-state index contributed by atoms with van der Waals surface area (Å²) in [6.45, 7) is 4.74. The van der Waals surface area contributed by atoms with Crippen molar-refractivity contribution in [2.75, 3.05) is 4.90 Å². The molecular weight excluding hydrogens is 747 g/mol. The second-order valence-electron chi connectivity index (χ2n) is 16.8. The van der Waals surface area contributed by atoms with Gasteiger partial charge >= 0.3 is 0 Å². The molecule has 294 valence electrons. The molecule has 0 fully saturated rings. The van der Waals surface area contributed by atoms with Gasteiger partial charge in [-0.1, -0.05) is 220 Å². The Morgan fingerprint density at radius 1 is 0.306 bits per heavy atom. The molecule has 1 nitrogen and oxygen atoms in total. The van der Waals surface area contributed by atoms with Crippen molar-refractivity contribution in [2.24, 2.45) is 0 Å². The van der Waals surface area contributed by atoms with E-state index in [0.29, 0.717) is 0 Å². The van der Waals surface area contributed by atoms with E-state index in [0.717, 1.165) is 17.1 Å². The van der Waals surface area contributed by atoms with Crippen LogP contribution in [0.4, 0.5) is 17.1 Å². The summed E-state index contributed by atoms with van der Waals surface area (Å²) in [6.07, 6.45) is 0. The van der Waals surface area contributed by atoms with Crippen LogP contribution in [0.15, 0.2) is 237 Å². The number of nitrogens with zero attached hydrogens (tertiary/aromatic N) is 1. The minimum absolute atomic E-state index is 0.113. The van der Waals surface area contributed by atoms with E-state index in [1.165, 1.54) is 88.7 Å². The zero-order chi connectivity index (χ0) is 41.6. The highest BCUT2D eigenvalue weighted by molar-refractivity contribution is 6.02. The summed E-state index contributed by atoms with van der Waals surface area (Å²) in [6, 6.07) is 86.6. The third-order valence-electron chi connectivity index (χ3n) is 12.9. The molecule has 0 spiro atoms. The number of benzene rings is 10. The molecule has 0 saturated carbocycles. The van der Waals surface area contributed by atoms with Gasteiger partial charge in [-0.25, -0.2) is 0 Å². The number of hydrogen-bond acceptors (Lipinski definition) is 1. The van der Waals surface area contributed by atoms with Crippen LogP contribution in [0.1, 0.15) is 25.0 Å². The van der Waals surface area contributed by atoms with Crippen LogP contribution < -0.4 is 4.90 Å². The van der Waals surface area contributed by atoms with E-state index in [9.17, 15) is 0 Å². The third-order valence-corrected chi connectivity index (χ3v) is 12.9. The molecule has 0 atom stereocenters. The van der Waals surface area contributed by atoms with Crippen LogP contribution in [0.3, 0.4) is 0 Å². The lowest BCUT2D eigenvalue weighted by molar-refractivity contribution is 0.662. The van der Waals surface area contributed by atoms with Crippen LogP contribution in [0.25, 0.3) is 77.5 Å². The molecule has 0 heterocycles. The minimum Gasteiger partial charge on any atom is -0.310 e. The predicted octanol–water partition coefficient (Wildman–Crippen LogP) is 17.0. The van der Waals surface area contributed by atoms with E-state index in [-0.39, 0.29) is 5.41 Å². The second-order valence-corrected chi connectivity index (χ2v) is 16.8. The molecule has 0 radical (unpaired) electrons. The third kappa shape index (κ3) is 6.33. The fourth-order valence-corrected chi connectivity index (χ4v) is 10.0. The van der Waals surface area contributed by atoms with Crippen molar-refractivity contribution < 1.29 is 0 Å². The molecule has 1 aliphatic carbocycles. The Morgan fingerprint density at radius 2 is 0.758 bits per heavy atom. The van der Waals surface area contributed by atoms with Gasteiger partial charge in [-0.15, -0.1) is 0 Å². The van der Waals surface area contributed by atoms with Crippen molar-refractivity contribution in [1.29, 1.82) is 0 Å². The van der Waals surface area contributed by atoms with Gasteiger partial charge in [0.25, 0.3) is 0 Å². The van der Waals surface area contributed by atoms with Gasteiger partial charge in [0.1, 0.15) is 0 Å². The summed E-state index contributed by atoms with van der Waals surface area (Å²) in [4.78, 5) is 2.45. The number of rotatable bonds is 8. The Kier molecular flexibility index (Phi) is 9.24. The summed E-state index contributed by atoms with van der Waals surface area (Å²) in [7, 11) is 0. The van der Waals surface area contributed by atoms with Gasteiger partial charge in [-0.3, -0.25) is 0 Å². The highest BCUT2D eigenvalue weighted by Gasteiger charge is 2.37. The van der Waals surface area contributed by atoms with Crippen molar-refractivity contribution in [1.82, 2.24) is 0 Å². The van der Waals surface area contributed by atoms with E-state index in [1.807, 2.05) is 0 Å². The van der Waals surface area contributed by atoms with Crippen LogP contribution in [0.2, 0.25) is 0 Å².